The number of imidazole rings is 1. The molecule has 3 nitrogen and oxygen atoms in total. The van der Waals surface area contributed by atoms with Crippen molar-refractivity contribution in [1.82, 2.24) is 9.38 Å². The standard InChI is InChI=1S/C42H30FN3SSi/c1-48(2)39-17-8-6-15-35(39)46(36-25-38-32(24-40(36)48)31-13-4-7-16-37(31)47-38)28-11-9-10-26(22-28)41(43)27-18-19-29-30-12-3-5-14-34(30)45-21-20-44-42(45)33(29)23-27/h3-25,41H,1-2H3. The van der Waals surface area contributed by atoms with Crippen molar-refractivity contribution >= 4 is 94.3 Å². The summed E-state index contributed by atoms with van der Waals surface area (Å²) in [5, 5.41) is 8.59. The van der Waals surface area contributed by atoms with Crippen molar-refractivity contribution in [3.05, 3.63) is 151 Å². The number of anilines is 3. The number of halogens is 1. The summed E-state index contributed by atoms with van der Waals surface area (Å²) < 4.78 is 21.5. The molecule has 48 heavy (non-hydrogen) atoms. The molecule has 1 unspecified atom stereocenters. The zero-order valence-electron chi connectivity index (χ0n) is 26.5. The quantitative estimate of drug-likeness (QED) is 0.139. The minimum atomic E-state index is -2.05. The zero-order valence-corrected chi connectivity index (χ0v) is 28.3. The summed E-state index contributed by atoms with van der Waals surface area (Å²) in [4.78, 5) is 7.04. The first-order valence-electron chi connectivity index (χ1n) is 16.3. The van der Waals surface area contributed by atoms with E-state index in [9.17, 15) is 0 Å². The van der Waals surface area contributed by atoms with Gasteiger partial charge >= 0.3 is 0 Å². The van der Waals surface area contributed by atoms with Crippen LogP contribution in [-0.2, 0) is 0 Å². The molecule has 6 heteroatoms. The average Bonchev–Trinajstić information content (AvgIpc) is 3.76. The summed E-state index contributed by atoms with van der Waals surface area (Å²) in [6.45, 7) is 4.91. The van der Waals surface area contributed by atoms with Crippen LogP contribution in [0.15, 0.2) is 140 Å². The van der Waals surface area contributed by atoms with E-state index in [0.717, 1.165) is 33.0 Å². The van der Waals surface area contributed by atoms with Crippen LogP contribution in [0.1, 0.15) is 17.3 Å². The molecule has 1 atom stereocenters. The number of rotatable bonds is 3. The highest BCUT2D eigenvalue weighted by Crippen LogP contribution is 2.44. The van der Waals surface area contributed by atoms with Crippen molar-refractivity contribution in [2.45, 2.75) is 19.3 Å². The number of pyridine rings is 1. The molecule has 0 amide bonds. The van der Waals surface area contributed by atoms with Gasteiger partial charge < -0.3 is 4.90 Å². The molecule has 0 spiro atoms. The highest BCUT2D eigenvalue weighted by Gasteiger charge is 2.39. The van der Waals surface area contributed by atoms with Gasteiger partial charge in [0.1, 0.15) is 13.7 Å². The molecule has 6 aromatic carbocycles. The number of hydrogen-bond acceptors (Lipinski definition) is 3. The number of benzene rings is 6. The molecular weight excluding hydrogens is 626 g/mol. The van der Waals surface area contributed by atoms with Gasteiger partial charge in [0, 0.05) is 60.4 Å². The van der Waals surface area contributed by atoms with E-state index in [1.165, 1.54) is 41.9 Å². The molecule has 0 fully saturated rings. The molecule has 0 N–H and O–H groups in total. The van der Waals surface area contributed by atoms with E-state index in [1.807, 2.05) is 66.2 Å². The van der Waals surface area contributed by atoms with Crippen molar-refractivity contribution in [1.29, 1.82) is 0 Å². The average molecular weight is 656 g/mol. The first-order chi connectivity index (χ1) is 23.5. The van der Waals surface area contributed by atoms with Gasteiger partial charge in [0.05, 0.1) is 5.52 Å². The Kier molecular flexibility index (Phi) is 5.84. The first kappa shape index (κ1) is 27.8. The summed E-state index contributed by atoms with van der Waals surface area (Å²) in [6, 6.07) is 44.7. The maximum Gasteiger partial charge on any atom is 0.150 e. The number of thiophene rings is 1. The first-order valence-corrected chi connectivity index (χ1v) is 20.2. The number of nitrogens with zero attached hydrogens (tertiary/aromatic N) is 3. The molecule has 1 aliphatic heterocycles. The van der Waals surface area contributed by atoms with Crippen molar-refractivity contribution in [3.8, 4) is 0 Å². The topological polar surface area (TPSA) is 20.5 Å². The lowest BCUT2D eigenvalue weighted by Crippen LogP contribution is -2.58. The third-order valence-corrected chi connectivity index (χ3v) is 15.0. The van der Waals surface area contributed by atoms with Gasteiger partial charge in [0.2, 0.25) is 0 Å². The Bertz CT molecular complexity index is 2760. The summed E-state index contributed by atoms with van der Waals surface area (Å²) in [6.07, 6.45) is 2.49. The summed E-state index contributed by atoms with van der Waals surface area (Å²) in [5.74, 6) is 0. The van der Waals surface area contributed by atoms with Crippen LogP contribution in [0.5, 0.6) is 0 Å². The maximum atomic E-state index is 16.8. The normalized spacial score (nSPS) is 14.6. The van der Waals surface area contributed by atoms with E-state index < -0.39 is 14.2 Å². The van der Waals surface area contributed by atoms with Crippen LogP contribution in [0.4, 0.5) is 21.5 Å². The minimum Gasteiger partial charge on any atom is -0.311 e. The van der Waals surface area contributed by atoms with Crippen molar-refractivity contribution < 1.29 is 4.39 Å². The highest BCUT2D eigenvalue weighted by atomic mass is 32.1. The lowest BCUT2D eigenvalue weighted by molar-refractivity contribution is 0.402. The van der Waals surface area contributed by atoms with Gasteiger partial charge in [-0.05, 0) is 69.4 Å². The SMILES string of the molecule is C[Si]1(C)c2ccccc2N(c2cccc(C(F)c3ccc4c5ccccc5n5ccnc5c4c3)c2)c2cc3sc4ccccc4c3cc21. The fourth-order valence-corrected chi connectivity index (χ4v) is 12.0. The van der Waals surface area contributed by atoms with Crippen molar-refractivity contribution in [3.63, 3.8) is 0 Å². The Balaban J connectivity index is 1.14. The maximum absolute atomic E-state index is 16.8. The Hall–Kier alpha value is -5.30. The van der Waals surface area contributed by atoms with E-state index in [2.05, 4.69) is 112 Å². The Labute approximate surface area is 282 Å². The Morgan fingerprint density at radius 2 is 1.42 bits per heavy atom. The van der Waals surface area contributed by atoms with E-state index in [4.69, 9.17) is 0 Å². The molecule has 4 heterocycles. The molecule has 0 bridgehead atoms. The predicted molar refractivity (Wildman–Crippen MR) is 204 cm³/mol. The van der Waals surface area contributed by atoms with Crippen molar-refractivity contribution in [2.75, 3.05) is 4.90 Å². The van der Waals surface area contributed by atoms with Crippen LogP contribution >= 0.6 is 11.3 Å². The van der Waals surface area contributed by atoms with Crippen LogP contribution in [0, 0.1) is 0 Å². The number of aromatic nitrogens is 2. The Morgan fingerprint density at radius 1 is 0.625 bits per heavy atom. The summed E-state index contributed by atoms with van der Waals surface area (Å²) in [5.41, 5.74) is 6.56. The van der Waals surface area contributed by atoms with Gasteiger partial charge in [-0.3, -0.25) is 4.40 Å². The highest BCUT2D eigenvalue weighted by molar-refractivity contribution is 7.26. The molecule has 0 saturated carbocycles. The third kappa shape index (κ3) is 3.87. The minimum absolute atomic E-state index is 0.625. The molecule has 9 aromatic rings. The zero-order chi connectivity index (χ0) is 32.1. The molecule has 10 rings (SSSR count). The van der Waals surface area contributed by atoms with Gasteiger partial charge in [-0.2, -0.15) is 0 Å². The number of hydrogen-bond donors (Lipinski definition) is 0. The fourth-order valence-electron chi connectivity index (χ4n) is 7.96. The van der Waals surface area contributed by atoms with E-state index in [-0.39, 0.29) is 0 Å². The molecule has 0 radical (unpaired) electrons. The van der Waals surface area contributed by atoms with Gasteiger partial charge in [-0.25, -0.2) is 9.37 Å². The van der Waals surface area contributed by atoms with E-state index >= 15 is 4.39 Å². The molecule has 230 valence electrons. The smallest absolute Gasteiger partial charge is 0.150 e. The monoisotopic (exact) mass is 655 g/mol. The molecule has 0 saturated heterocycles. The third-order valence-electron chi connectivity index (χ3n) is 10.3. The Morgan fingerprint density at radius 3 is 2.33 bits per heavy atom. The van der Waals surface area contributed by atoms with Gasteiger partial charge in [-0.15, -0.1) is 11.3 Å². The summed E-state index contributed by atoms with van der Waals surface area (Å²) >= 11 is 1.84. The largest absolute Gasteiger partial charge is 0.311 e. The summed E-state index contributed by atoms with van der Waals surface area (Å²) in [7, 11) is -2.05. The predicted octanol–water partition coefficient (Wildman–Crippen LogP) is 10.7. The van der Waals surface area contributed by atoms with Crippen LogP contribution < -0.4 is 15.3 Å². The van der Waals surface area contributed by atoms with Gasteiger partial charge in [-0.1, -0.05) is 98.0 Å². The number of alkyl halides is 1. The van der Waals surface area contributed by atoms with Crippen LogP contribution in [0.25, 0.3) is 47.5 Å². The number of para-hydroxylation sites is 2. The molecule has 1 aliphatic rings. The molecular formula is C42H30FN3SSi. The fraction of sp³-hybridized carbons (Fsp3) is 0.0714. The van der Waals surface area contributed by atoms with Crippen LogP contribution in [-0.4, -0.2) is 17.5 Å². The molecule has 3 aromatic heterocycles. The lowest BCUT2D eigenvalue weighted by atomic mass is 9.97. The van der Waals surface area contributed by atoms with Gasteiger partial charge in [0.25, 0.3) is 0 Å². The lowest BCUT2D eigenvalue weighted by Gasteiger charge is -2.41. The second kappa shape index (κ2) is 10.1. The second-order valence-electron chi connectivity index (χ2n) is 13.3. The van der Waals surface area contributed by atoms with E-state index in [0.29, 0.717) is 11.1 Å². The van der Waals surface area contributed by atoms with Crippen LogP contribution in [0.2, 0.25) is 13.1 Å². The second-order valence-corrected chi connectivity index (χ2v) is 18.8. The molecule has 0 aliphatic carbocycles. The van der Waals surface area contributed by atoms with Gasteiger partial charge in [0.15, 0.2) is 6.17 Å². The van der Waals surface area contributed by atoms with Crippen LogP contribution in [0.3, 0.4) is 0 Å². The number of fused-ring (bicyclic) bond motifs is 11. The van der Waals surface area contributed by atoms with E-state index in [1.54, 1.807) is 0 Å². The van der Waals surface area contributed by atoms with Crippen molar-refractivity contribution in [2.24, 2.45) is 0 Å².